The predicted octanol–water partition coefficient (Wildman–Crippen LogP) is 4.55. The number of aromatic nitrogens is 3. The fraction of sp³-hybridized carbons (Fsp3) is 0.278. The molecule has 10 heteroatoms. The molecule has 1 unspecified atom stereocenters. The van der Waals surface area contributed by atoms with Gasteiger partial charge in [0.05, 0.1) is 22.2 Å². The van der Waals surface area contributed by atoms with Crippen LogP contribution in [0.1, 0.15) is 13.0 Å². The van der Waals surface area contributed by atoms with Crippen molar-refractivity contribution in [1.29, 1.82) is 0 Å². The van der Waals surface area contributed by atoms with E-state index in [0.29, 0.717) is 40.3 Å². The average molecular weight is 439 g/mol. The van der Waals surface area contributed by atoms with Crippen LogP contribution >= 0.6 is 35.2 Å². The molecule has 0 aliphatic carbocycles. The number of rotatable bonds is 8. The van der Waals surface area contributed by atoms with Gasteiger partial charge in [0, 0.05) is 7.11 Å². The first kappa shape index (κ1) is 20.5. The molecule has 28 heavy (non-hydrogen) atoms. The van der Waals surface area contributed by atoms with E-state index in [0.717, 1.165) is 4.88 Å². The summed E-state index contributed by atoms with van der Waals surface area (Å²) >= 11 is 13.1. The minimum atomic E-state index is -0.603. The van der Waals surface area contributed by atoms with E-state index in [9.17, 15) is 4.79 Å². The summed E-state index contributed by atoms with van der Waals surface area (Å²) in [6.07, 6.45) is 0. The monoisotopic (exact) mass is 438 g/mol. The van der Waals surface area contributed by atoms with Gasteiger partial charge < -0.3 is 14.8 Å². The fourth-order valence-electron chi connectivity index (χ4n) is 2.58. The molecule has 0 bridgehead atoms. The molecule has 3 aromatic rings. The number of carbonyl (C=O) groups is 1. The Morgan fingerprint density at radius 3 is 2.93 bits per heavy atom. The minimum absolute atomic E-state index is 0.269. The number of benzene rings is 1. The van der Waals surface area contributed by atoms with E-state index in [1.54, 1.807) is 36.8 Å². The van der Waals surface area contributed by atoms with Crippen molar-refractivity contribution in [2.75, 3.05) is 25.6 Å². The van der Waals surface area contributed by atoms with Gasteiger partial charge >= 0.3 is 0 Å². The van der Waals surface area contributed by atoms with Crippen molar-refractivity contribution < 1.29 is 14.3 Å². The van der Waals surface area contributed by atoms with Gasteiger partial charge in [0.2, 0.25) is 5.91 Å². The van der Waals surface area contributed by atoms with Gasteiger partial charge in [-0.2, -0.15) is 5.10 Å². The number of nitrogens with one attached hydrogen (secondary N) is 2. The summed E-state index contributed by atoms with van der Waals surface area (Å²) in [6.45, 7) is 2.48. The molecule has 0 aliphatic rings. The van der Waals surface area contributed by atoms with Crippen molar-refractivity contribution in [3.8, 4) is 16.5 Å². The maximum atomic E-state index is 12.9. The third-order valence-electron chi connectivity index (χ3n) is 3.97. The zero-order valence-electron chi connectivity index (χ0n) is 15.3. The first-order valence-corrected chi connectivity index (χ1v) is 10.1. The molecule has 7 nitrogen and oxygen atoms in total. The lowest BCUT2D eigenvalue weighted by atomic mass is 10.2. The van der Waals surface area contributed by atoms with E-state index in [2.05, 4.69) is 15.5 Å². The summed E-state index contributed by atoms with van der Waals surface area (Å²) in [5.41, 5.74) is 0.480. The smallest absolute Gasteiger partial charge is 0.247 e. The number of nitrogens with zero attached hydrogens (tertiary/aromatic N) is 2. The second kappa shape index (κ2) is 9.33. The molecule has 148 valence electrons. The molecule has 2 aromatic heterocycles. The normalized spacial score (nSPS) is 12.0. The molecular formula is C18H19ClN4O3S2. The summed E-state index contributed by atoms with van der Waals surface area (Å²) < 4.78 is 12.7. The number of para-hydroxylation sites is 1. The van der Waals surface area contributed by atoms with Crippen molar-refractivity contribution in [2.45, 2.75) is 13.0 Å². The van der Waals surface area contributed by atoms with Crippen LogP contribution in [0.5, 0.6) is 5.75 Å². The van der Waals surface area contributed by atoms with Gasteiger partial charge in [0.25, 0.3) is 0 Å². The number of halogens is 1. The number of H-pyrrole nitrogens is 1. The molecule has 0 fully saturated rings. The van der Waals surface area contributed by atoms with Crippen LogP contribution in [0.4, 0.5) is 5.69 Å². The van der Waals surface area contributed by atoms with Crippen LogP contribution in [0, 0.1) is 4.77 Å². The maximum absolute atomic E-state index is 12.9. The van der Waals surface area contributed by atoms with Crippen LogP contribution in [-0.4, -0.2) is 41.0 Å². The molecule has 0 radical (unpaired) electrons. The molecule has 0 saturated carbocycles. The van der Waals surface area contributed by atoms with Crippen LogP contribution in [0.25, 0.3) is 10.7 Å². The van der Waals surface area contributed by atoms with Crippen molar-refractivity contribution in [2.24, 2.45) is 0 Å². The van der Waals surface area contributed by atoms with Gasteiger partial charge in [-0.1, -0.05) is 23.7 Å². The molecular weight excluding hydrogens is 420 g/mol. The molecule has 2 heterocycles. The van der Waals surface area contributed by atoms with E-state index < -0.39 is 6.04 Å². The Morgan fingerprint density at radius 2 is 2.21 bits per heavy atom. The largest absolute Gasteiger partial charge is 0.487 e. The van der Waals surface area contributed by atoms with Gasteiger partial charge in [0.1, 0.15) is 12.6 Å². The molecule has 0 aliphatic heterocycles. The summed E-state index contributed by atoms with van der Waals surface area (Å²) in [7, 11) is 1.58. The second-order valence-electron chi connectivity index (χ2n) is 5.82. The fourth-order valence-corrected chi connectivity index (χ4v) is 3.81. The lowest BCUT2D eigenvalue weighted by molar-refractivity contribution is -0.118. The highest BCUT2D eigenvalue weighted by molar-refractivity contribution is 7.71. The zero-order chi connectivity index (χ0) is 20.1. The summed E-state index contributed by atoms with van der Waals surface area (Å²) in [5, 5.41) is 12.2. The van der Waals surface area contributed by atoms with Crippen LogP contribution in [0.15, 0.2) is 35.7 Å². The molecule has 1 aromatic carbocycles. The third-order valence-corrected chi connectivity index (χ3v) is 5.42. The Labute approximate surface area is 176 Å². The Kier molecular flexibility index (Phi) is 6.84. The van der Waals surface area contributed by atoms with Gasteiger partial charge in [-0.15, -0.1) is 11.3 Å². The minimum Gasteiger partial charge on any atom is -0.487 e. The third kappa shape index (κ3) is 4.44. The Balaban J connectivity index is 1.84. The first-order valence-electron chi connectivity index (χ1n) is 8.44. The number of ether oxygens (including phenoxy) is 2. The molecule has 1 amide bonds. The van der Waals surface area contributed by atoms with Crippen LogP contribution in [-0.2, 0) is 9.53 Å². The Bertz CT molecular complexity index is 1000. The Hall–Kier alpha value is -2.20. The number of carbonyl (C=O) groups excluding carboxylic acids is 1. The lowest BCUT2D eigenvalue weighted by Crippen LogP contribution is -2.24. The highest BCUT2D eigenvalue weighted by atomic mass is 35.5. The number of methoxy groups -OCH3 is 1. The number of anilines is 1. The van der Waals surface area contributed by atoms with Crippen molar-refractivity contribution >= 4 is 46.8 Å². The van der Waals surface area contributed by atoms with Crippen molar-refractivity contribution in [1.82, 2.24) is 14.8 Å². The number of amides is 1. The molecule has 0 saturated heterocycles. The molecule has 1 atom stereocenters. The second-order valence-corrected chi connectivity index (χ2v) is 7.56. The van der Waals surface area contributed by atoms with Crippen molar-refractivity contribution in [3.05, 3.63) is 45.5 Å². The van der Waals surface area contributed by atoms with Crippen molar-refractivity contribution in [3.63, 3.8) is 0 Å². The quantitative estimate of drug-likeness (QED) is 0.398. The average Bonchev–Trinajstić information content (AvgIpc) is 3.33. The highest BCUT2D eigenvalue weighted by Crippen LogP contribution is 2.34. The van der Waals surface area contributed by atoms with Crippen LogP contribution in [0.3, 0.4) is 0 Å². The standard InChI is InChI=1S/C18H19ClN4O3S2/c1-11(23-16(21-22-18(23)27)14-7-4-10-28-14)17(24)20-13-6-3-5-12(19)15(13)26-9-8-25-2/h3-7,10-11H,8-9H2,1-2H3,(H,20,24)(H,22,27). The number of hydrogen-bond acceptors (Lipinski definition) is 6. The first-order chi connectivity index (χ1) is 13.5. The van der Waals surface area contributed by atoms with E-state index >= 15 is 0 Å². The maximum Gasteiger partial charge on any atom is 0.247 e. The summed E-state index contributed by atoms with van der Waals surface area (Å²) in [6, 6.07) is 8.41. The van der Waals surface area contributed by atoms with Gasteiger partial charge in [0.15, 0.2) is 16.3 Å². The Morgan fingerprint density at radius 1 is 1.39 bits per heavy atom. The number of aromatic amines is 1. The lowest BCUT2D eigenvalue weighted by Gasteiger charge is -2.18. The molecule has 2 N–H and O–H groups in total. The highest BCUT2D eigenvalue weighted by Gasteiger charge is 2.23. The summed E-state index contributed by atoms with van der Waals surface area (Å²) in [5.74, 6) is 0.746. The topological polar surface area (TPSA) is 81.2 Å². The van der Waals surface area contributed by atoms with Gasteiger partial charge in [-0.25, -0.2) is 0 Å². The van der Waals surface area contributed by atoms with E-state index in [1.807, 2.05) is 17.5 Å². The number of thiophene rings is 1. The zero-order valence-corrected chi connectivity index (χ0v) is 17.7. The molecule has 3 rings (SSSR count). The SMILES string of the molecule is COCCOc1c(Cl)cccc1NC(=O)C(C)n1c(-c2cccs2)n[nH]c1=S. The predicted molar refractivity (Wildman–Crippen MR) is 113 cm³/mol. The van der Waals surface area contributed by atoms with E-state index in [1.165, 1.54) is 11.3 Å². The van der Waals surface area contributed by atoms with E-state index in [-0.39, 0.29) is 5.91 Å². The molecule has 0 spiro atoms. The van der Waals surface area contributed by atoms with Crippen LogP contribution < -0.4 is 10.1 Å². The summed E-state index contributed by atoms with van der Waals surface area (Å²) in [4.78, 5) is 13.9. The van der Waals surface area contributed by atoms with E-state index in [4.69, 9.17) is 33.3 Å². The van der Waals surface area contributed by atoms with Gasteiger partial charge in [-0.3, -0.25) is 14.5 Å². The number of hydrogen-bond donors (Lipinski definition) is 2. The van der Waals surface area contributed by atoms with Crippen LogP contribution in [0.2, 0.25) is 5.02 Å². The van der Waals surface area contributed by atoms with Gasteiger partial charge in [-0.05, 0) is 42.7 Å².